The zero-order valence-corrected chi connectivity index (χ0v) is 6.50. The number of rotatable bonds is 2. The van der Waals surface area contributed by atoms with Gasteiger partial charge >= 0.3 is 0 Å². The quantitative estimate of drug-likeness (QED) is 0.734. The molecule has 0 aliphatic rings. The summed E-state index contributed by atoms with van der Waals surface area (Å²) in [5.74, 6) is -0.132. The van der Waals surface area contributed by atoms with Crippen LogP contribution in [0.5, 0.6) is 5.75 Å². The lowest BCUT2D eigenvalue weighted by Crippen LogP contribution is -2.05. The van der Waals surface area contributed by atoms with Gasteiger partial charge in [0, 0.05) is 23.2 Å². The summed E-state index contributed by atoms with van der Waals surface area (Å²) in [7, 11) is 0. The van der Waals surface area contributed by atoms with E-state index in [0.717, 1.165) is 0 Å². The molecule has 0 heterocycles. The van der Waals surface area contributed by atoms with E-state index in [-0.39, 0.29) is 11.7 Å². The van der Waals surface area contributed by atoms with Gasteiger partial charge in [-0.05, 0) is 12.1 Å². The third-order valence-electron chi connectivity index (χ3n) is 1.24. The summed E-state index contributed by atoms with van der Waals surface area (Å²) in [6.45, 7) is 1.38. The highest BCUT2D eigenvalue weighted by Crippen LogP contribution is 2.17. The van der Waals surface area contributed by atoms with Crippen LogP contribution in [0.3, 0.4) is 0 Å². The lowest BCUT2D eigenvalue weighted by atomic mass is 10.3. The van der Waals surface area contributed by atoms with Gasteiger partial charge in [0.25, 0.3) is 0 Å². The minimum absolute atomic E-state index is 0.0706. The highest BCUT2D eigenvalue weighted by molar-refractivity contribution is 5.88. The van der Waals surface area contributed by atoms with Gasteiger partial charge in [-0.15, -0.1) is 0 Å². The van der Waals surface area contributed by atoms with Crippen molar-refractivity contribution < 1.29 is 14.3 Å². The fraction of sp³-hybridized carbons (Fsp3) is 0.125. The third kappa shape index (κ3) is 2.23. The van der Waals surface area contributed by atoms with Crippen molar-refractivity contribution in [3.8, 4) is 5.75 Å². The van der Waals surface area contributed by atoms with Gasteiger partial charge in [0.05, 0.1) is 0 Å². The van der Waals surface area contributed by atoms with Gasteiger partial charge in [0.1, 0.15) is 0 Å². The molecule has 0 spiro atoms. The largest absolute Gasteiger partial charge is 0.326 e. The fourth-order valence-electron chi connectivity index (χ4n) is 0.825. The van der Waals surface area contributed by atoms with Crippen LogP contribution in [0, 0.1) is 0 Å². The minimum atomic E-state index is -0.203. The van der Waals surface area contributed by atoms with Crippen molar-refractivity contribution in [2.24, 2.45) is 0 Å². The molecule has 64 valence electrons. The number of hydrogen-bond acceptors (Lipinski definition) is 2. The molecule has 3 nitrogen and oxygen atoms in total. The van der Waals surface area contributed by atoms with Gasteiger partial charge in [-0.2, -0.15) is 0 Å². The maximum atomic E-state index is 11.6. The van der Waals surface area contributed by atoms with Crippen molar-refractivity contribution in [2.45, 2.75) is 6.92 Å². The highest BCUT2D eigenvalue weighted by Gasteiger charge is 1.97. The summed E-state index contributed by atoms with van der Waals surface area (Å²) < 4.78 is 11.6. The Balaban J connectivity index is 2.79. The van der Waals surface area contributed by atoms with Crippen molar-refractivity contribution >= 4 is 11.6 Å². The Labute approximate surface area is 69.1 Å². The van der Waals surface area contributed by atoms with Crippen LogP contribution >= 0.6 is 0 Å². The number of hydrogen-bond donors (Lipinski definition) is 1. The summed E-state index contributed by atoms with van der Waals surface area (Å²) in [4.78, 5) is 14.1. The zero-order chi connectivity index (χ0) is 8.97. The van der Waals surface area contributed by atoms with E-state index in [2.05, 4.69) is 10.3 Å². The first-order valence-electron chi connectivity index (χ1n) is 3.38. The molecule has 1 amide bonds. The first-order valence-corrected chi connectivity index (χ1v) is 3.38. The molecule has 0 aromatic heterocycles. The second-order valence-corrected chi connectivity index (χ2v) is 2.29. The summed E-state index contributed by atoms with van der Waals surface area (Å²) >= 11 is 0. The van der Waals surface area contributed by atoms with Gasteiger partial charge < -0.3 is 5.32 Å². The average Bonchev–Trinajstić information content (AvgIpc) is 2.03. The molecule has 4 heteroatoms. The van der Waals surface area contributed by atoms with Gasteiger partial charge in [-0.3, -0.25) is 9.74 Å². The lowest BCUT2D eigenvalue weighted by molar-refractivity contribution is -0.114. The smallest absolute Gasteiger partial charge is 0.221 e. The Morgan fingerprint density at radius 1 is 1.58 bits per heavy atom. The summed E-state index contributed by atoms with van der Waals surface area (Å²) in [6.07, 6.45) is 0. The first kappa shape index (κ1) is 8.52. The van der Waals surface area contributed by atoms with Crippen molar-refractivity contribution in [3.05, 3.63) is 24.3 Å². The Bertz CT molecular complexity index is 288. The van der Waals surface area contributed by atoms with Gasteiger partial charge in [-0.25, -0.2) is 0 Å². The third-order valence-corrected chi connectivity index (χ3v) is 1.24. The van der Waals surface area contributed by atoms with E-state index in [4.69, 9.17) is 0 Å². The fourth-order valence-corrected chi connectivity index (χ4v) is 0.825. The average molecular weight is 169 g/mol. The minimum Gasteiger partial charge on any atom is -0.326 e. The second kappa shape index (κ2) is 3.71. The van der Waals surface area contributed by atoms with Crippen LogP contribution < -0.4 is 10.3 Å². The van der Waals surface area contributed by atoms with Gasteiger partial charge in [-0.1, -0.05) is 6.07 Å². The molecule has 1 aromatic carbocycles. The number of nitrogens with one attached hydrogen (secondary N) is 1. The van der Waals surface area contributed by atoms with Crippen LogP contribution in [-0.4, -0.2) is 5.91 Å². The van der Waals surface area contributed by atoms with Crippen LogP contribution in [0.15, 0.2) is 24.3 Å². The molecule has 1 N–H and O–H groups in total. The van der Waals surface area contributed by atoms with Gasteiger partial charge in [0.2, 0.25) is 5.91 Å². The molecule has 0 radical (unpaired) electrons. The molecule has 0 fully saturated rings. The molecule has 0 saturated heterocycles. The number of anilines is 1. The van der Waals surface area contributed by atoms with E-state index in [0.29, 0.717) is 5.69 Å². The van der Waals surface area contributed by atoms with Crippen molar-refractivity contribution in [3.63, 3.8) is 0 Å². The zero-order valence-electron chi connectivity index (χ0n) is 6.50. The van der Waals surface area contributed by atoms with Crippen molar-refractivity contribution in [1.82, 2.24) is 0 Å². The Morgan fingerprint density at radius 2 is 2.33 bits per heavy atom. The SMILES string of the molecule is CC(=O)Nc1cccc(OF)c1. The highest BCUT2D eigenvalue weighted by atomic mass is 19.3. The maximum Gasteiger partial charge on any atom is 0.221 e. The molecule has 0 saturated carbocycles. The van der Waals surface area contributed by atoms with Crippen molar-refractivity contribution in [1.29, 1.82) is 0 Å². The van der Waals surface area contributed by atoms with E-state index in [1.807, 2.05) is 0 Å². The Kier molecular flexibility index (Phi) is 2.63. The van der Waals surface area contributed by atoms with Crippen LogP contribution in [0.25, 0.3) is 0 Å². The molecule has 1 rings (SSSR count). The molecular formula is C8H8FNO2. The van der Waals surface area contributed by atoms with E-state index in [1.54, 1.807) is 12.1 Å². The normalized spacial score (nSPS) is 9.17. The Hall–Kier alpha value is -1.58. The monoisotopic (exact) mass is 169 g/mol. The van der Waals surface area contributed by atoms with Crippen molar-refractivity contribution in [2.75, 3.05) is 5.32 Å². The lowest BCUT2D eigenvalue weighted by Gasteiger charge is -2.01. The van der Waals surface area contributed by atoms with E-state index < -0.39 is 0 Å². The predicted molar refractivity (Wildman–Crippen MR) is 42.5 cm³/mol. The van der Waals surface area contributed by atoms with E-state index in [9.17, 15) is 9.32 Å². The molecule has 0 atom stereocenters. The second-order valence-electron chi connectivity index (χ2n) is 2.29. The molecule has 0 unspecified atom stereocenters. The van der Waals surface area contributed by atoms with Crippen LogP contribution in [-0.2, 0) is 4.79 Å². The molecule has 12 heavy (non-hydrogen) atoms. The first-order chi connectivity index (χ1) is 5.72. The summed E-state index contributed by atoms with van der Waals surface area (Å²) in [5.41, 5.74) is 0.512. The predicted octanol–water partition coefficient (Wildman–Crippen LogP) is 1.91. The summed E-state index contributed by atoms with van der Waals surface area (Å²) in [6, 6.07) is 6.07. The van der Waals surface area contributed by atoms with Crippen LogP contribution in [0.1, 0.15) is 6.92 Å². The van der Waals surface area contributed by atoms with E-state index >= 15 is 0 Å². The number of amides is 1. The number of benzene rings is 1. The maximum absolute atomic E-state index is 11.6. The number of carbonyl (C=O) groups is 1. The van der Waals surface area contributed by atoms with Gasteiger partial charge in [0.15, 0.2) is 5.75 Å². The van der Waals surface area contributed by atoms with E-state index in [1.165, 1.54) is 19.1 Å². The molecule has 0 aliphatic heterocycles. The molecule has 1 aromatic rings. The summed E-state index contributed by atoms with van der Waals surface area (Å²) in [5, 5.41) is 2.49. The van der Waals surface area contributed by atoms with Crippen LogP contribution in [0.2, 0.25) is 0 Å². The van der Waals surface area contributed by atoms with Crippen LogP contribution in [0.4, 0.5) is 10.2 Å². The topological polar surface area (TPSA) is 38.3 Å². The number of halogens is 1. The standard InChI is InChI=1S/C8H8FNO2/c1-6(11)10-7-3-2-4-8(5-7)12-9/h2-5H,1H3,(H,10,11). The molecular weight excluding hydrogens is 161 g/mol. The number of carbonyl (C=O) groups excluding carboxylic acids is 1. The Morgan fingerprint density at radius 3 is 2.92 bits per heavy atom. The molecule has 0 aliphatic carbocycles. The molecule has 0 bridgehead atoms.